The third-order valence-electron chi connectivity index (χ3n) is 5.57. The summed E-state index contributed by atoms with van der Waals surface area (Å²) in [6.45, 7) is 6.74. The fraction of sp³-hybridized carbons (Fsp3) is 0.455. The zero-order chi connectivity index (χ0) is 19.8. The van der Waals surface area contributed by atoms with Crippen LogP contribution in [0.3, 0.4) is 0 Å². The van der Waals surface area contributed by atoms with Gasteiger partial charge in [-0.1, -0.05) is 25.0 Å². The van der Waals surface area contributed by atoms with Crippen LogP contribution in [0.5, 0.6) is 0 Å². The second-order valence-corrected chi connectivity index (χ2v) is 8.97. The zero-order valence-corrected chi connectivity index (χ0v) is 17.4. The van der Waals surface area contributed by atoms with E-state index in [4.69, 9.17) is 0 Å². The van der Waals surface area contributed by atoms with E-state index in [1.54, 1.807) is 12.1 Å². The van der Waals surface area contributed by atoms with E-state index in [1.807, 2.05) is 17.7 Å². The Bertz CT molecular complexity index is 983. The Morgan fingerprint density at radius 1 is 1.29 bits per heavy atom. The summed E-state index contributed by atoms with van der Waals surface area (Å²) < 4.78 is 15.1. The second-order valence-electron chi connectivity index (χ2n) is 7.94. The zero-order valence-electron chi connectivity index (χ0n) is 16.6. The molecule has 4 rings (SSSR count). The van der Waals surface area contributed by atoms with Gasteiger partial charge >= 0.3 is 0 Å². The van der Waals surface area contributed by atoms with Crippen molar-refractivity contribution < 1.29 is 9.18 Å². The normalized spacial score (nSPS) is 15.0. The van der Waals surface area contributed by atoms with Gasteiger partial charge in [0.25, 0.3) is 5.91 Å². The molecule has 0 saturated heterocycles. The van der Waals surface area contributed by atoms with Gasteiger partial charge < -0.3 is 4.90 Å². The van der Waals surface area contributed by atoms with Crippen LogP contribution in [0.15, 0.2) is 30.3 Å². The highest BCUT2D eigenvalue weighted by Gasteiger charge is 2.30. The first-order chi connectivity index (χ1) is 13.4. The quantitative estimate of drug-likeness (QED) is 0.577. The topological polar surface area (TPSA) is 38.1 Å². The molecule has 4 nitrogen and oxygen atoms in total. The number of halogens is 1. The lowest BCUT2D eigenvalue weighted by molar-refractivity contribution is 0.0618. The number of thiophene rings is 1. The molecule has 1 aliphatic carbocycles. The highest BCUT2D eigenvalue weighted by molar-refractivity contribution is 7.20. The van der Waals surface area contributed by atoms with E-state index in [0.29, 0.717) is 12.6 Å². The summed E-state index contributed by atoms with van der Waals surface area (Å²) in [4.78, 5) is 17.2. The first-order valence-corrected chi connectivity index (χ1v) is 10.8. The lowest BCUT2D eigenvalue weighted by Gasteiger charge is -2.32. The maximum atomic E-state index is 13.3. The lowest BCUT2D eigenvalue weighted by atomic mass is 10.1. The maximum absolute atomic E-state index is 13.3. The molecule has 2 heterocycles. The van der Waals surface area contributed by atoms with Gasteiger partial charge in [0.15, 0.2) is 0 Å². The van der Waals surface area contributed by atoms with Crippen LogP contribution in [0.4, 0.5) is 4.39 Å². The van der Waals surface area contributed by atoms with Gasteiger partial charge in [-0.2, -0.15) is 5.10 Å². The van der Waals surface area contributed by atoms with Crippen molar-refractivity contribution in [3.05, 3.63) is 52.3 Å². The first kappa shape index (κ1) is 19.1. The molecular weight excluding hydrogens is 373 g/mol. The number of hydrogen-bond acceptors (Lipinski definition) is 3. The standard InChI is InChI=1S/C22H26FN3OS/c1-14(2)26(18-6-4-5-7-18)21(27)20-12-19-15(3)24-25(22(19)28-20)13-16-8-10-17(23)11-9-16/h8-12,14,18H,4-7,13H2,1-3H3. The van der Waals surface area contributed by atoms with Crippen molar-refractivity contribution in [2.45, 2.75) is 65.1 Å². The van der Waals surface area contributed by atoms with Gasteiger partial charge in [-0.05, 0) is 57.4 Å². The molecule has 0 bridgehead atoms. The molecule has 3 aromatic rings. The molecule has 1 aliphatic rings. The summed E-state index contributed by atoms with van der Waals surface area (Å²) in [5.41, 5.74) is 1.91. The summed E-state index contributed by atoms with van der Waals surface area (Å²) in [5, 5.41) is 5.67. The summed E-state index contributed by atoms with van der Waals surface area (Å²) in [6.07, 6.45) is 4.62. The van der Waals surface area contributed by atoms with E-state index in [2.05, 4.69) is 23.8 Å². The molecule has 0 N–H and O–H groups in total. The van der Waals surface area contributed by atoms with Gasteiger partial charge in [-0.25, -0.2) is 4.39 Å². The molecule has 148 valence electrons. The molecular formula is C22H26FN3OS. The summed E-state index contributed by atoms with van der Waals surface area (Å²) in [7, 11) is 0. The summed E-state index contributed by atoms with van der Waals surface area (Å²) >= 11 is 1.51. The smallest absolute Gasteiger partial charge is 0.264 e. The third kappa shape index (κ3) is 3.58. The van der Waals surface area contributed by atoms with E-state index < -0.39 is 0 Å². The van der Waals surface area contributed by atoms with Crippen LogP contribution >= 0.6 is 11.3 Å². The SMILES string of the molecule is Cc1nn(Cc2ccc(F)cc2)c2sc(C(=O)N(C(C)C)C3CCCC3)cc12. The van der Waals surface area contributed by atoms with Crippen LogP contribution in [0.1, 0.15) is 60.5 Å². The number of amides is 1. The van der Waals surface area contributed by atoms with Crippen molar-refractivity contribution in [2.75, 3.05) is 0 Å². The third-order valence-corrected chi connectivity index (χ3v) is 6.71. The van der Waals surface area contributed by atoms with Gasteiger partial charge in [0, 0.05) is 17.5 Å². The molecule has 0 aliphatic heterocycles. The predicted octanol–water partition coefficient (Wildman–Crippen LogP) is 5.39. The number of hydrogen-bond donors (Lipinski definition) is 0. The van der Waals surface area contributed by atoms with E-state index in [1.165, 1.54) is 36.3 Å². The molecule has 6 heteroatoms. The van der Waals surface area contributed by atoms with Crippen LogP contribution in [0.25, 0.3) is 10.2 Å². The summed E-state index contributed by atoms with van der Waals surface area (Å²) in [6, 6.07) is 9.03. The number of carbonyl (C=O) groups excluding carboxylic acids is 1. The van der Waals surface area contributed by atoms with Crippen LogP contribution in [0, 0.1) is 12.7 Å². The Morgan fingerprint density at radius 2 is 1.96 bits per heavy atom. The number of rotatable bonds is 5. The number of aryl methyl sites for hydroxylation is 1. The molecule has 0 atom stereocenters. The molecule has 1 saturated carbocycles. The Morgan fingerprint density at radius 3 is 2.61 bits per heavy atom. The number of aromatic nitrogens is 2. The molecule has 1 fully saturated rings. The van der Waals surface area contributed by atoms with E-state index in [-0.39, 0.29) is 17.8 Å². The Hall–Kier alpha value is -2.21. The summed E-state index contributed by atoms with van der Waals surface area (Å²) in [5.74, 6) is -0.105. The van der Waals surface area contributed by atoms with E-state index in [0.717, 1.165) is 39.2 Å². The molecule has 0 spiro atoms. The minimum Gasteiger partial charge on any atom is -0.333 e. The van der Waals surface area contributed by atoms with Gasteiger partial charge in [0.05, 0.1) is 17.1 Å². The number of fused-ring (bicyclic) bond motifs is 1. The molecule has 2 aromatic heterocycles. The van der Waals surface area contributed by atoms with Crippen molar-refractivity contribution in [1.29, 1.82) is 0 Å². The average molecular weight is 400 g/mol. The fourth-order valence-electron chi connectivity index (χ4n) is 4.22. The number of benzene rings is 1. The Labute approximate surface area is 169 Å². The predicted molar refractivity (Wildman–Crippen MR) is 111 cm³/mol. The maximum Gasteiger partial charge on any atom is 0.264 e. The van der Waals surface area contributed by atoms with Crippen LogP contribution in [0.2, 0.25) is 0 Å². The number of carbonyl (C=O) groups is 1. The van der Waals surface area contributed by atoms with Crippen LogP contribution in [-0.4, -0.2) is 32.7 Å². The van der Waals surface area contributed by atoms with Crippen LogP contribution < -0.4 is 0 Å². The largest absolute Gasteiger partial charge is 0.333 e. The second kappa shape index (κ2) is 7.66. The van der Waals surface area contributed by atoms with Gasteiger partial charge in [-0.15, -0.1) is 11.3 Å². The van der Waals surface area contributed by atoms with E-state index in [9.17, 15) is 9.18 Å². The molecule has 0 radical (unpaired) electrons. The fourth-order valence-corrected chi connectivity index (χ4v) is 5.32. The van der Waals surface area contributed by atoms with Crippen molar-refractivity contribution in [3.63, 3.8) is 0 Å². The Kier molecular flexibility index (Phi) is 5.23. The van der Waals surface area contributed by atoms with Gasteiger partial charge in [0.2, 0.25) is 0 Å². The molecule has 0 unspecified atom stereocenters. The van der Waals surface area contributed by atoms with Gasteiger partial charge in [-0.3, -0.25) is 9.48 Å². The minimum atomic E-state index is -0.241. The van der Waals surface area contributed by atoms with Crippen molar-refractivity contribution in [1.82, 2.24) is 14.7 Å². The molecule has 28 heavy (non-hydrogen) atoms. The minimum absolute atomic E-state index is 0.135. The average Bonchev–Trinajstić information content (AvgIpc) is 3.37. The van der Waals surface area contributed by atoms with Crippen molar-refractivity contribution >= 4 is 27.5 Å². The highest BCUT2D eigenvalue weighted by atomic mass is 32.1. The number of nitrogens with zero attached hydrogens (tertiary/aromatic N) is 3. The highest BCUT2D eigenvalue weighted by Crippen LogP contribution is 2.32. The molecule has 1 aromatic carbocycles. The monoisotopic (exact) mass is 399 g/mol. The molecule has 1 amide bonds. The Balaban J connectivity index is 1.65. The first-order valence-electron chi connectivity index (χ1n) is 9.98. The lowest BCUT2D eigenvalue weighted by Crippen LogP contribution is -2.43. The van der Waals surface area contributed by atoms with Gasteiger partial charge in [0.1, 0.15) is 10.6 Å². The van der Waals surface area contributed by atoms with E-state index >= 15 is 0 Å². The van der Waals surface area contributed by atoms with Crippen molar-refractivity contribution in [3.8, 4) is 0 Å². The van der Waals surface area contributed by atoms with Crippen molar-refractivity contribution in [2.24, 2.45) is 0 Å². The van der Waals surface area contributed by atoms with Crippen LogP contribution in [-0.2, 0) is 6.54 Å².